The normalized spacial score (nSPS) is 12.5. The first-order valence-electron chi connectivity index (χ1n) is 10.2. The molecule has 2 aromatic carbocycles. The molecule has 3 rings (SSSR count). The number of nitrogens with zero attached hydrogens (tertiary/aromatic N) is 2. The molecule has 0 aliphatic heterocycles. The highest BCUT2D eigenvalue weighted by Gasteiger charge is 2.31. The summed E-state index contributed by atoms with van der Waals surface area (Å²) in [6, 6.07) is 12.2. The number of aryl methyl sites for hydroxylation is 1. The molecule has 0 radical (unpaired) electrons. The van der Waals surface area contributed by atoms with E-state index < -0.39 is 6.36 Å². The highest BCUT2D eigenvalue weighted by Crippen LogP contribution is 2.32. The monoisotopic (exact) mass is 480 g/mol. The van der Waals surface area contributed by atoms with E-state index in [2.05, 4.69) is 25.3 Å². The number of anilines is 3. The van der Waals surface area contributed by atoms with Crippen LogP contribution in [0.1, 0.15) is 19.4 Å². The fourth-order valence-corrected chi connectivity index (χ4v) is 3.35. The van der Waals surface area contributed by atoms with Crippen molar-refractivity contribution >= 4 is 29.1 Å². The zero-order chi connectivity index (χ0) is 24.2. The number of alkyl halides is 3. The molecule has 0 aliphatic rings. The minimum absolute atomic E-state index is 0.0768. The van der Waals surface area contributed by atoms with Gasteiger partial charge in [0.05, 0.1) is 29.1 Å². The molecule has 0 amide bonds. The van der Waals surface area contributed by atoms with Gasteiger partial charge in [-0.1, -0.05) is 49.7 Å². The van der Waals surface area contributed by atoms with Gasteiger partial charge in [0.15, 0.2) is 0 Å². The van der Waals surface area contributed by atoms with Crippen LogP contribution >= 0.6 is 11.6 Å². The van der Waals surface area contributed by atoms with Crippen LogP contribution in [0.15, 0.2) is 48.5 Å². The van der Waals surface area contributed by atoms with Crippen molar-refractivity contribution in [3.05, 3.63) is 59.1 Å². The standard InChI is InChI=1S/C23H24ClF3N4O2/c1-13(2)19(12-32)29-22-28-18(15-7-5-8-16(10-15)33-23(25,26)27)11-20(31-22)30-21-14(3)6-4-9-17(21)24/h4-11,13,19,32H,12H2,1-3H3,(H2,28,29,30,31)/t19-/m1/s1. The van der Waals surface area contributed by atoms with Gasteiger partial charge in [0.2, 0.25) is 5.95 Å². The first-order chi connectivity index (χ1) is 15.6. The second kappa shape index (κ2) is 10.3. The Morgan fingerprint density at radius 2 is 1.82 bits per heavy atom. The third-order valence-electron chi connectivity index (χ3n) is 4.88. The summed E-state index contributed by atoms with van der Waals surface area (Å²) < 4.78 is 42.1. The maximum absolute atomic E-state index is 12.7. The SMILES string of the molecule is Cc1cccc(Cl)c1Nc1cc(-c2cccc(OC(F)(F)F)c2)nc(N[C@H](CO)C(C)C)n1. The zero-order valence-corrected chi connectivity index (χ0v) is 19.0. The number of nitrogens with one attached hydrogen (secondary N) is 2. The highest BCUT2D eigenvalue weighted by atomic mass is 35.5. The third-order valence-corrected chi connectivity index (χ3v) is 5.20. The Balaban J connectivity index is 2.05. The average Bonchev–Trinajstić information content (AvgIpc) is 2.73. The Bertz CT molecular complexity index is 1090. The average molecular weight is 481 g/mol. The summed E-state index contributed by atoms with van der Waals surface area (Å²) in [6.45, 7) is 5.60. The number of rotatable bonds is 8. The maximum atomic E-state index is 12.7. The van der Waals surface area contributed by atoms with E-state index in [1.165, 1.54) is 18.2 Å². The first-order valence-corrected chi connectivity index (χ1v) is 10.6. The van der Waals surface area contributed by atoms with Crippen molar-refractivity contribution in [2.24, 2.45) is 5.92 Å². The predicted octanol–water partition coefficient (Wildman–Crippen LogP) is 6.18. The number of aliphatic hydroxyl groups excluding tert-OH is 1. The molecule has 33 heavy (non-hydrogen) atoms. The maximum Gasteiger partial charge on any atom is 0.573 e. The molecule has 176 valence electrons. The molecular formula is C23H24ClF3N4O2. The van der Waals surface area contributed by atoms with Gasteiger partial charge in [0, 0.05) is 11.6 Å². The number of ether oxygens (including phenoxy) is 1. The number of benzene rings is 2. The smallest absolute Gasteiger partial charge is 0.406 e. The number of para-hydroxylation sites is 1. The van der Waals surface area contributed by atoms with E-state index in [9.17, 15) is 18.3 Å². The molecule has 0 spiro atoms. The number of hydrogen-bond donors (Lipinski definition) is 3. The topological polar surface area (TPSA) is 79.3 Å². The Kier molecular flexibility index (Phi) is 7.65. The van der Waals surface area contributed by atoms with E-state index in [0.29, 0.717) is 27.8 Å². The number of aliphatic hydroxyl groups is 1. The lowest BCUT2D eigenvalue weighted by Crippen LogP contribution is -2.30. The van der Waals surface area contributed by atoms with Crippen LogP contribution in [0.4, 0.5) is 30.6 Å². The first kappa shape index (κ1) is 24.6. The van der Waals surface area contributed by atoms with Crippen molar-refractivity contribution in [3.63, 3.8) is 0 Å². The van der Waals surface area contributed by atoms with Crippen LogP contribution in [0.5, 0.6) is 5.75 Å². The van der Waals surface area contributed by atoms with Gasteiger partial charge < -0.3 is 20.5 Å². The van der Waals surface area contributed by atoms with Crippen molar-refractivity contribution < 1.29 is 23.0 Å². The molecule has 0 aliphatic carbocycles. The summed E-state index contributed by atoms with van der Waals surface area (Å²) in [5, 5.41) is 16.4. The molecule has 3 aromatic rings. The van der Waals surface area contributed by atoms with E-state index in [-0.39, 0.29) is 30.3 Å². The lowest BCUT2D eigenvalue weighted by atomic mass is 10.1. The Labute approximate surface area is 194 Å². The summed E-state index contributed by atoms with van der Waals surface area (Å²) in [5.41, 5.74) is 2.28. The van der Waals surface area contributed by atoms with Crippen LogP contribution in [0.3, 0.4) is 0 Å². The van der Waals surface area contributed by atoms with Crippen molar-refractivity contribution in [1.29, 1.82) is 0 Å². The van der Waals surface area contributed by atoms with Crippen molar-refractivity contribution in [2.45, 2.75) is 33.2 Å². The quantitative estimate of drug-likeness (QED) is 0.357. The van der Waals surface area contributed by atoms with Crippen LogP contribution in [0.25, 0.3) is 11.3 Å². The molecule has 1 atom stereocenters. The Morgan fingerprint density at radius 1 is 1.09 bits per heavy atom. The summed E-state index contributed by atoms with van der Waals surface area (Å²) in [4.78, 5) is 8.93. The largest absolute Gasteiger partial charge is 0.573 e. The molecule has 3 N–H and O–H groups in total. The summed E-state index contributed by atoms with van der Waals surface area (Å²) in [6.07, 6.45) is -4.81. The summed E-state index contributed by atoms with van der Waals surface area (Å²) in [5.74, 6) is 0.295. The fraction of sp³-hybridized carbons (Fsp3) is 0.304. The summed E-state index contributed by atoms with van der Waals surface area (Å²) >= 11 is 6.33. The molecular weight excluding hydrogens is 457 g/mol. The van der Waals surface area contributed by atoms with Crippen LogP contribution in [-0.2, 0) is 0 Å². The second-order valence-corrected chi connectivity index (χ2v) is 8.18. The molecule has 1 aromatic heterocycles. The second-order valence-electron chi connectivity index (χ2n) is 7.77. The van der Waals surface area contributed by atoms with Gasteiger partial charge in [0.25, 0.3) is 0 Å². The summed E-state index contributed by atoms with van der Waals surface area (Å²) in [7, 11) is 0. The van der Waals surface area contributed by atoms with E-state index in [1.807, 2.05) is 32.9 Å². The lowest BCUT2D eigenvalue weighted by molar-refractivity contribution is -0.274. The minimum atomic E-state index is -4.81. The van der Waals surface area contributed by atoms with Gasteiger partial charge in [-0.15, -0.1) is 13.2 Å². The van der Waals surface area contributed by atoms with Crippen molar-refractivity contribution in [3.8, 4) is 17.0 Å². The fourth-order valence-electron chi connectivity index (χ4n) is 3.08. The molecule has 0 bridgehead atoms. The van der Waals surface area contributed by atoms with Gasteiger partial charge in [-0.2, -0.15) is 4.98 Å². The zero-order valence-electron chi connectivity index (χ0n) is 18.2. The van der Waals surface area contributed by atoms with Crippen molar-refractivity contribution in [1.82, 2.24) is 9.97 Å². The minimum Gasteiger partial charge on any atom is -0.406 e. The molecule has 0 saturated carbocycles. The van der Waals surface area contributed by atoms with Crippen LogP contribution in [0.2, 0.25) is 5.02 Å². The van der Waals surface area contributed by atoms with Gasteiger partial charge >= 0.3 is 6.36 Å². The Hall–Kier alpha value is -3.04. The van der Waals surface area contributed by atoms with E-state index in [0.717, 1.165) is 5.56 Å². The number of halogens is 4. The van der Waals surface area contributed by atoms with Gasteiger partial charge in [-0.05, 0) is 36.6 Å². The Morgan fingerprint density at radius 3 is 2.45 bits per heavy atom. The molecule has 10 heteroatoms. The molecule has 0 saturated heterocycles. The molecule has 6 nitrogen and oxygen atoms in total. The van der Waals surface area contributed by atoms with Crippen LogP contribution < -0.4 is 15.4 Å². The third kappa shape index (κ3) is 6.72. The number of hydrogen-bond acceptors (Lipinski definition) is 6. The van der Waals surface area contributed by atoms with Crippen LogP contribution in [-0.4, -0.2) is 34.1 Å². The highest BCUT2D eigenvalue weighted by molar-refractivity contribution is 6.33. The molecule has 0 fully saturated rings. The van der Waals surface area contributed by atoms with E-state index in [4.69, 9.17) is 11.6 Å². The predicted molar refractivity (Wildman–Crippen MR) is 123 cm³/mol. The lowest BCUT2D eigenvalue weighted by Gasteiger charge is -2.21. The number of aromatic nitrogens is 2. The van der Waals surface area contributed by atoms with Crippen molar-refractivity contribution in [2.75, 3.05) is 17.2 Å². The van der Waals surface area contributed by atoms with Gasteiger partial charge in [-0.25, -0.2) is 4.98 Å². The molecule has 0 unspecified atom stereocenters. The van der Waals surface area contributed by atoms with Gasteiger partial charge in [-0.3, -0.25) is 0 Å². The van der Waals surface area contributed by atoms with Gasteiger partial charge in [0.1, 0.15) is 11.6 Å². The molecule has 1 heterocycles. The van der Waals surface area contributed by atoms with E-state index >= 15 is 0 Å². The van der Waals surface area contributed by atoms with E-state index in [1.54, 1.807) is 18.2 Å². The van der Waals surface area contributed by atoms with Crippen LogP contribution in [0, 0.1) is 12.8 Å².